The molecule has 1 aromatic rings. The van der Waals surface area contributed by atoms with E-state index in [1.54, 1.807) is 13.0 Å². The molecule has 1 atom stereocenters. The maximum absolute atomic E-state index is 13.0. The quantitative estimate of drug-likeness (QED) is 0.718. The van der Waals surface area contributed by atoms with Crippen LogP contribution in [0.1, 0.15) is 35.2 Å². The van der Waals surface area contributed by atoms with Gasteiger partial charge in [0.15, 0.2) is 5.78 Å². The van der Waals surface area contributed by atoms with Gasteiger partial charge in [-0.25, -0.2) is 4.39 Å². The van der Waals surface area contributed by atoms with Crippen LogP contribution < -0.4 is 0 Å². The normalized spacial score (nSPS) is 20.1. The van der Waals surface area contributed by atoms with Crippen molar-refractivity contribution in [1.29, 1.82) is 0 Å². The molecule has 16 heavy (non-hydrogen) atoms. The Labute approximate surface area is 93.5 Å². The monoisotopic (exact) mass is 220 g/mol. The summed E-state index contributed by atoms with van der Waals surface area (Å²) < 4.78 is 13.0. The molecule has 0 bridgehead atoms. The van der Waals surface area contributed by atoms with E-state index in [-0.39, 0.29) is 23.3 Å². The van der Waals surface area contributed by atoms with E-state index in [0.717, 1.165) is 0 Å². The molecule has 0 aliphatic heterocycles. The first-order valence-corrected chi connectivity index (χ1v) is 5.40. The zero-order valence-corrected chi connectivity index (χ0v) is 9.13. The zero-order chi connectivity index (χ0) is 11.7. The Kier molecular flexibility index (Phi) is 2.86. The number of benzene rings is 1. The minimum Gasteiger partial charge on any atom is -0.300 e. The minimum atomic E-state index is -0.306. The number of carbonyl (C=O) groups is 2. The average Bonchev–Trinajstić information content (AvgIpc) is 2.68. The van der Waals surface area contributed by atoms with Gasteiger partial charge in [0.25, 0.3) is 0 Å². The summed E-state index contributed by atoms with van der Waals surface area (Å²) in [5.41, 5.74) is 0.980. The molecule has 0 amide bonds. The van der Waals surface area contributed by atoms with E-state index in [0.29, 0.717) is 30.4 Å². The fourth-order valence-corrected chi connectivity index (χ4v) is 2.07. The van der Waals surface area contributed by atoms with E-state index in [9.17, 15) is 14.0 Å². The predicted octanol–water partition coefficient (Wildman–Crippen LogP) is 2.69. The maximum atomic E-state index is 13.0. The summed E-state index contributed by atoms with van der Waals surface area (Å²) in [6.07, 6.45) is 1.47. The summed E-state index contributed by atoms with van der Waals surface area (Å²) in [6.45, 7) is 1.63. The smallest absolute Gasteiger partial charge is 0.166 e. The van der Waals surface area contributed by atoms with Crippen molar-refractivity contribution >= 4 is 11.6 Å². The molecule has 0 saturated heterocycles. The number of hydrogen-bond donors (Lipinski definition) is 0. The summed E-state index contributed by atoms with van der Waals surface area (Å²) in [5.74, 6) is -0.387. The van der Waals surface area contributed by atoms with Gasteiger partial charge in [0.1, 0.15) is 11.6 Å². The topological polar surface area (TPSA) is 34.1 Å². The fourth-order valence-electron chi connectivity index (χ4n) is 2.07. The molecule has 1 unspecified atom stereocenters. The molecule has 0 aromatic heterocycles. The van der Waals surface area contributed by atoms with Gasteiger partial charge in [0, 0.05) is 24.3 Å². The fraction of sp³-hybridized carbons (Fsp3) is 0.385. The van der Waals surface area contributed by atoms with Crippen LogP contribution in [-0.2, 0) is 4.79 Å². The molecule has 0 heterocycles. The van der Waals surface area contributed by atoms with Crippen molar-refractivity contribution in [2.24, 2.45) is 5.92 Å². The Morgan fingerprint density at radius 3 is 2.75 bits per heavy atom. The molecule has 3 heteroatoms. The summed E-state index contributed by atoms with van der Waals surface area (Å²) in [7, 11) is 0. The van der Waals surface area contributed by atoms with Crippen LogP contribution in [0.2, 0.25) is 0 Å². The molecule has 2 rings (SSSR count). The first kappa shape index (κ1) is 11.0. The van der Waals surface area contributed by atoms with Crippen LogP contribution in [0.5, 0.6) is 0 Å². The Morgan fingerprint density at radius 2 is 2.19 bits per heavy atom. The lowest BCUT2D eigenvalue weighted by Gasteiger charge is -2.07. The predicted molar refractivity (Wildman–Crippen MR) is 57.8 cm³/mol. The Morgan fingerprint density at radius 1 is 1.44 bits per heavy atom. The zero-order valence-electron chi connectivity index (χ0n) is 9.13. The van der Waals surface area contributed by atoms with E-state index in [2.05, 4.69) is 0 Å². The van der Waals surface area contributed by atoms with Gasteiger partial charge < -0.3 is 0 Å². The summed E-state index contributed by atoms with van der Waals surface area (Å²) in [6, 6.07) is 4.35. The van der Waals surface area contributed by atoms with Crippen LogP contribution in [0.15, 0.2) is 18.2 Å². The van der Waals surface area contributed by atoms with Crippen LogP contribution in [0, 0.1) is 18.7 Å². The Hall–Kier alpha value is -1.51. The van der Waals surface area contributed by atoms with Crippen molar-refractivity contribution in [3.8, 4) is 0 Å². The number of carbonyl (C=O) groups excluding carboxylic acids is 2. The molecule has 0 radical (unpaired) electrons. The molecular formula is C13H13FO2. The first-order valence-electron chi connectivity index (χ1n) is 5.40. The highest BCUT2D eigenvalue weighted by molar-refractivity contribution is 6.01. The molecule has 1 fully saturated rings. The maximum Gasteiger partial charge on any atom is 0.166 e. The third-order valence-electron chi connectivity index (χ3n) is 3.06. The van der Waals surface area contributed by atoms with Crippen molar-refractivity contribution in [3.05, 3.63) is 35.1 Å². The molecule has 0 N–H and O–H groups in total. The van der Waals surface area contributed by atoms with E-state index in [1.165, 1.54) is 12.1 Å². The lowest BCUT2D eigenvalue weighted by atomic mass is 9.95. The third kappa shape index (κ3) is 2.03. The highest BCUT2D eigenvalue weighted by Crippen LogP contribution is 2.26. The molecule has 1 saturated carbocycles. The number of hydrogen-bond acceptors (Lipinski definition) is 2. The Balaban J connectivity index is 2.21. The molecular weight excluding hydrogens is 207 g/mol. The molecule has 0 spiro atoms. The van der Waals surface area contributed by atoms with Gasteiger partial charge in [-0.05, 0) is 37.1 Å². The number of ketones is 2. The van der Waals surface area contributed by atoms with Gasteiger partial charge in [-0.2, -0.15) is 0 Å². The third-order valence-corrected chi connectivity index (χ3v) is 3.06. The van der Waals surface area contributed by atoms with Gasteiger partial charge in [-0.3, -0.25) is 9.59 Å². The van der Waals surface area contributed by atoms with Crippen molar-refractivity contribution < 1.29 is 14.0 Å². The SMILES string of the molecule is Cc1cc(C(=O)C2CCC(=O)C2)ccc1F. The molecule has 84 valence electrons. The lowest BCUT2D eigenvalue weighted by Crippen LogP contribution is -2.12. The molecule has 1 aromatic carbocycles. The summed E-state index contributed by atoms with van der Waals surface area (Å²) >= 11 is 0. The van der Waals surface area contributed by atoms with Gasteiger partial charge >= 0.3 is 0 Å². The average molecular weight is 220 g/mol. The largest absolute Gasteiger partial charge is 0.300 e. The first-order chi connectivity index (χ1) is 7.58. The van der Waals surface area contributed by atoms with Crippen LogP contribution in [0.4, 0.5) is 4.39 Å². The second-order valence-corrected chi connectivity index (χ2v) is 4.31. The van der Waals surface area contributed by atoms with Crippen LogP contribution >= 0.6 is 0 Å². The van der Waals surface area contributed by atoms with E-state index >= 15 is 0 Å². The Bertz CT molecular complexity index is 451. The second kappa shape index (κ2) is 4.16. The standard InChI is InChI=1S/C13H13FO2/c1-8-6-9(3-5-12(8)14)13(16)10-2-4-11(15)7-10/h3,5-6,10H,2,4,7H2,1H3. The number of aryl methyl sites for hydroxylation is 1. The lowest BCUT2D eigenvalue weighted by molar-refractivity contribution is -0.117. The van der Waals surface area contributed by atoms with Crippen molar-refractivity contribution in [1.82, 2.24) is 0 Å². The van der Waals surface area contributed by atoms with Crippen molar-refractivity contribution in [2.75, 3.05) is 0 Å². The summed E-state index contributed by atoms with van der Waals surface area (Å²) in [5, 5.41) is 0. The minimum absolute atomic E-state index is 0.0334. The molecule has 2 nitrogen and oxygen atoms in total. The second-order valence-electron chi connectivity index (χ2n) is 4.31. The van der Waals surface area contributed by atoms with Crippen LogP contribution in [-0.4, -0.2) is 11.6 Å². The number of rotatable bonds is 2. The number of Topliss-reactive ketones (excluding diaryl/α,β-unsaturated/α-hetero) is 2. The van der Waals surface area contributed by atoms with E-state index < -0.39 is 0 Å². The van der Waals surface area contributed by atoms with Crippen molar-refractivity contribution in [3.63, 3.8) is 0 Å². The highest BCUT2D eigenvalue weighted by Gasteiger charge is 2.28. The van der Waals surface area contributed by atoms with Crippen molar-refractivity contribution in [2.45, 2.75) is 26.2 Å². The molecule has 1 aliphatic carbocycles. The van der Waals surface area contributed by atoms with Gasteiger partial charge in [-0.15, -0.1) is 0 Å². The number of halogens is 1. The van der Waals surface area contributed by atoms with Crippen LogP contribution in [0.25, 0.3) is 0 Å². The molecule has 1 aliphatic rings. The highest BCUT2D eigenvalue weighted by atomic mass is 19.1. The van der Waals surface area contributed by atoms with Gasteiger partial charge in [-0.1, -0.05) is 0 Å². The van der Waals surface area contributed by atoms with Gasteiger partial charge in [0.05, 0.1) is 0 Å². The summed E-state index contributed by atoms with van der Waals surface area (Å²) in [4.78, 5) is 23.1. The van der Waals surface area contributed by atoms with E-state index in [4.69, 9.17) is 0 Å². The van der Waals surface area contributed by atoms with Crippen LogP contribution in [0.3, 0.4) is 0 Å². The van der Waals surface area contributed by atoms with Gasteiger partial charge in [0.2, 0.25) is 0 Å². The van der Waals surface area contributed by atoms with E-state index in [1.807, 2.05) is 0 Å².